The standard InChI is InChI=1S/C30H36O4S/c1-4-34-29(33-3)35-27-10-9-25(19(2)11-20-5-7-24(8-6-20)28(31)32)15-26(27)30-16-21-12-22(17-30)14-23(13-21)18-30/h5-11,15,21-23,29H,4,12-14,16-18H2,1-3H3,(H,31,32)/b19-11+. The molecule has 35 heavy (non-hydrogen) atoms. The van der Waals surface area contributed by atoms with E-state index in [9.17, 15) is 9.90 Å². The van der Waals surface area contributed by atoms with Gasteiger partial charge in [-0.1, -0.05) is 36.0 Å². The van der Waals surface area contributed by atoms with Crippen LogP contribution in [0.4, 0.5) is 0 Å². The Labute approximate surface area is 213 Å². The number of rotatable bonds is 9. The van der Waals surface area contributed by atoms with Gasteiger partial charge in [-0.25, -0.2) is 4.79 Å². The SMILES string of the molecule is CCOC(OC)Sc1ccc(/C(C)=C/c2ccc(C(=O)O)cc2)cc1C12CC3CC(CC(C3)C1)C2. The predicted octanol–water partition coefficient (Wildman–Crippen LogP) is 7.47. The number of ether oxygens (including phenoxy) is 2. The quantitative estimate of drug-likeness (QED) is 0.223. The van der Waals surface area contributed by atoms with Crippen molar-refractivity contribution in [2.45, 2.75) is 68.3 Å². The molecule has 0 radical (unpaired) electrons. The molecule has 6 rings (SSSR count). The van der Waals surface area contributed by atoms with Crippen LogP contribution in [0.2, 0.25) is 0 Å². The van der Waals surface area contributed by atoms with Crippen LogP contribution >= 0.6 is 11.8 Å². The third kappa shape index (κ3) is 5.09. The van der Waals surface area contributed by atoms with E-state index in [0.717, 1.165) is 23.3 Å². The van der Waals surface area contributed by atoms with Crippen molar-refractivity contribution in [3.05, 3.63) is 64.7 Å². The lowest BCUT2D eigenvalue weighted by Crippen LogP contribution is -2.48. The van der Waals surface area contributed by atoms with Crippen molar-refractivity contribution in [3.8, 4) is 0 Å². The number of aromatic carboxylic acids is 1. The first kappa shape index (κ1) is 24.6. The number of methoxy groups -OCH3 is 1. The second-order valence-electron chi connectivity index (χ2n) is 10.8. The minimum atomic E-state index is -0.896. The Bertz CT molecular complexity index is 1070. The van der Waals surface area contributed by atoms with Crippen molar-refractivity contribution in [2.24, 2.45) is 17.8 Å². The number of hydrogen-bond donors (Lipinski definition) is 1. The molecule has 4 bridgehead atoms. The maximum Gasteiger partial charge on any atom is 0.335 e. The lowest BCUT2D eigenvalue weighted by Gasteiger charge is -2.57. The van der Waals surface area contributed by atoms with Gasteiger partial charge in [0, 0.05) is 18.6 Å². The van der Waals surface area contributed by atoms with Crippen LogP contribution in [0.1, 0.15) is 79.4 Å². The molecule has 1 atom stereocenters. The molecule has 1 N–H and O–H groups in total. The van der Waals surface area contributed by atoms with Gasteiger partial charge in [-0.3, -0.25) is 0 Å². The number of carbonyl (C=O) groups is 1. The van der Waals surface area contributed by atoms with Crippen molar-refractivity contribution in [3.63, 3.8) is 0 Å². The van der Waals surface area contributed by atoms with E-state index in [4.69, 9.17) is 9.47 Å². The Morgan fingerprint density at radius 3 is 2.20 bits per heavy atom. The molecule has 0 heterocycles. The van der Waals surface area contributed by atoms with Gasteiger partial charge in [0.05, 0.1) is 5.56 Å². The third-order valence-corrected chi connectivity index (χ3v) is 9.43. The highest BCUT2D eigenvalue weighted by Crippen LogP contribution is 2.62. The Hall–Kier alpha value is -2.08. The lowest BCUT2D eigenvalue weighted by molar-refractivity contribution is -0.0553. The normalized spacial score (nSPS) is 28.3. The first-order valence-corrected chi connectivity index (χ1v) is 13.7. The van der Waals surface area contributed by atoms with Crippen molar-refractivity contribution in [2.75, 3.05) is 13.7 Å². The summed E-state index contributed by atoms with van der Waals surface area (Å²) in [6, 6.07) is 14.0. The summed E-state index contributed by atoms with van der Waals surface area (Å²) < 4.78 is 11.5. The number of carboxylic acid groups (broad SMARTS) is 1. The highest BCUT2D eigenvalue weighted by atomic mass is 32.2. The summed E-state index contributed by atoms with van der Waals surface area (Å²) in [7, 11) is 1.72. The van der Waals surface area contributed by atoms with Crippen LogP contribution in [-0.2, 0) is 14.9 Å². The highest BCUT2D eigenvalue weighted by molar-refractivity contribution is 7.99. The summed E-state index contributed by atoms with van der Waals surface area (Å²) in [4.78, 5) is 12.5. The first-order chi connectivity index (χ1) is 16.9. The molecule has 0 aromatic heterocycles. The smallest absolute Gasteiger partial charge is 0.335 e. The number of allylic oxidation sites excluding steroid dienone is 1. The molecule has 1 unspecified atom stereocenters. The van der Waals surface area contributed by atoms with Gasteiger partial charge in [0.15, 0.2) is 0 Å². The third-order valence-electron chi connectivity index (χ3n) is 8.30. The summed E-state index contributed by atoms with van der Waals surface area (Å²) in [5.74, 6) is 1.72. The van der Waals surface area contributed by atoms with Gasteiger partial charge < -0.3 is 14.6 Å². The monoisotopic (exact) mass is 492 g/mol. The zero-order valence-electron chi connectivity index (χ0n) is 21.0. The molecule has 0 amide bonds. The van der Waals surface area contributed by atoms with E-state index in [1.54, 1.807) is 31.0 Å². The maximum atomic E-state index is 11.2. The molecule has 0 saturated heterocycles. The molecule has 0 aliphatic heterocycles. The Balaban J connectivity index is 1.51. The molecule has 4 aliphatic rings. The molecule has 0 spiro atoms. The van der Waals surface area contributed by atoms with Gasteiger partial charge in [-0.15, -0.1) is 0 Å². The Morgan fingerprint density at radius 1 is 1.06 bits per heavy atom. The van der Waals surface area contributed by atoms with Crippen molar-refractivity contribution >= 4 is 29.4 Å². The van der Waals surface area contributed by atoms with E-state index in [2.05, 4.69) is 31.2 Å². The second-order valence-corrected chi connectivity index (χ2v) is 11.8. The van der Waals surface area contributed by atoms with Crippen LogP contribution < -0.4 is 0 Å². The molecule has 4 aliphatic carbocycles. The molecule has 5 heteroatoms. The predicted molar refractivity (Wildman–Crippen MR) is 142 cm³/mol. The number of benzene rings is 2. The number of thioether (sulfide) groups is 1. The van der Waals surface area contributed by atoms with E-state index in [1.807, 2.05) is 19.1 Å². The average molecular weight is 493 g/mol. The summed E-state index contributed by atoms with van der Waals surface area (Å²) in [5, 5.41) is 9.19. The Kier molecular flexibility index (Phi) is 7.11. The van der Waals surface area contributed by atoms with E-state index < -0.39 is 5.97 Å². The summed E-state index contributed by atoms with van der Waals surface area (Å²) in [5.41, 5.74) is 5.18. The van der Waals surface area contributed by atoms with Crippen LogP contribution in [-0.4, -0.2) is 30.4 Å². The largest absolute Gasteiger partial charge is 0.478 e. The van der Waals surface area contributed by atoms with Crippen molar-refractivity contribution in [1.82, 2.24) is 0 Å². The van der Waals surface area contributed by atoms with Crippen LogP contribution in [0.15, 0.2) is 47.4 Å². The highest BCUT2D eigenvalue weighted by Gasteiger charge is 2.52. The fraction of sp³-hybridized carbons (Fsp3) is 0.500. The van der Waals surface area contributed by atoms with Gasteiger partial charge in [0.1, 0.15) is 0 Å². The molecular weight excluding hydrogens is 456 g/mol. The van der Waals surface area contributed by atoms with Gasteiger partial charge in [-0.2, -0.15) is 0 Å². The van der Waals surface area contributed by atoms with Gasteiger partial charge in [0.2, 0.25) is 5.62 Å². The fourth-order valence-electron chi connectivity index (χ4n) is 7.18. The summed E-state index contributed by atoms with van der Waals surface area (Å²) in [6.07, 6.45) is 10.3. The molecular formula is C30H36O4S. The maximum absolute atomic E-state index is 11.2. The Morgan fingerprint density at radius 2 is 1.66 bits per heavy atom. The summed E-state index contributed by atoms with van der Waals surface area (Å²) >= 11 is 1.70. The molecule has 2 aromatic rings. The minimum Gasteiger partial charge on any atom is -0.478 e. The molecule has 2 aromatic carbocycles. The van der Waals surface area contributed by atoms with Crippen LogP contribution in [0.3, 0.4) is 0 Å². The number of hydrogen-bond acceptors (Lipinski definition) is 4. The summed E-state index contributed by atoms with van der Waals surface area (Å²) in [6.45, 7) is 4.78. The molecule has 4 saturated carbocycles. The van der Waals surface area contributed by atoms with E-state index in [-0.39, 0.29) is 11.0 Å². The lowest BCUT2D eigenvalue weighted by atomic mass is 9.48. The first-order valence-electron chi connectivity index (χ1n) is 12.9. The van der Waals surface area contributed by atoms with Crippen LogP contribution in [0.25, 0.3) is 11.6 Å². The van der Waals surface area contributed by atoms with Gasteiger partial charge in [-0.05, 0) is 122 Å². The van der Waals surface area contributed by atoms with E-state index in [0.29, 0.717) is 12.2 Å². The second kappa shape index (κ2) is 10.1. The minimum absolute atomic E-state index is 0.265. The van der Waals surface area contributed by atoms with Crippen molar-refractivity contribution in [1.29, 1.82) is 0 Å². The van der Waals surface area contributed by atoms with Crippen LogP contribution in [0, 0.1) is 17.8 Å². The number of carboxylic acids is 1. The fourth-order valence-corrected chi connectivity index (χ4v) is 8.23. The van der Waals surface area contributed by atoms with E-state index >= 15 is 0 Å². The average Bonchev–Trinajstić information content (AvgIpc) is 2.83. The van der Waals surface area contributed by atoms with Crippen molar-refractivity contribution < 1.29 is 19.4 Å². The topological polar surface area (TPSA) is 55.8 Å². The van der Waals surface area contributed by atoms with Gasteiger partial charge >= 0.3 is 5.97 Å². The van der Waals surface area contributed by atoms with Crippen LogP contribution in [0.5, 0.6) is 0 Å². The van der Waals surface area contributed by atoms with E-state index in [1.165, 1.54) is 60.1 Å². The molecule has 186 valence electrons. The zero-order valence-corrected chi connectivity index (χ0v) is 21.8. The zero-order chi connectivity index (χ0) is 24.6. The molecule has 4 nitrogen and oxygen atoms in total. The van der Waals surface area contributed by atoms with Gasteiger partial charge in [0.25, 0.3) is 0 Å². The molecule has 4 fully saturated rings.